The number of hydrogen-bond acceptors (Lipinski definition) is 7. The van der Waals surface area contributed by atoms with E-state index in [1.54, 1.807) is 5.32 Å². The standard InChI is InChI=1S/C17H21F3N2O5S/c1-9(23)21-16(15(25)27-3,17(18,19)20)22-13-12(14(24)26-2)10-7-5-4-6-8-11(10)28-13/h22H,4-8H2,1-3H3,(H,21,23). The van der Waals surface area contributed by atoms with Crippen LogP contribution in [0.4, 0.5) is 18.2 Å². The van der Waals surface area contributed by atoms with Gasteiger partial charge in [-0.1, -0.05) is 6.42 Å². The summed E-state index contributed by atoms with van der Waals surface area (Å²) in [5.74, 6) is -3.67. The van der Waals surface area contributed by atoms with Crippen LogP contribution in [0, 0.1) is 0 Å². The van der Waals surface area contributed by atoms with Crippen LogP contribution in [0.2, 0.25) is 0 Å². The topological polar surface area (TPSA) is 93.7 Å². The number of ether oxygens (including phenoxy) is 2. The molecular formula is C17H21F3N2O5S. The fraction of sp³-hybridized carbons (Fsp3) is 0.588. The third-order valence-electron chi connectivity index (χ3n) is 4.39. The third kappa shape index (κ3) is 4.08. The highest BCUT2D eigenvalue weighted by Gasteiger charge is 2.63. The SMILES string of the molecule is COC(=O)c1c(NC(NC(C)=O)(C(=O)OC)C(F)(F)F)sc2c1CCCCC2. The predicted octanol–water partition coefficient (Wildman–Crippen LogP) is 2.78. The zero-order chi connectivity index (χ0) is 21.1. The van der Waals surface area contributed by atoms with Gasteiger partial charge < -0.3 is 20.1 Å². The number of carbonyl (C=O) groups is 3. The summed E-state index contributed by atoms with van der Waals surface area (Å²) >= 11 is 0.946. The molecule has 156 valence electrons. The van der Waals surface area contributed by atoms with Gasteiger partial charge in [-0.25, -0.2) is 9.59 Å². The molecule has 11 heteroatoms. The maximum Gasteiger partial charge on any atom is 0.441 e. The summed E-state index contributed by atoms with van der Waals surface area (Å²) in [4.78, 5) is 36.7. The van der Waals surface area contributed by atoms with Crippen molar-refractivity contribution < 1.29 is 37.0 Å². The summed E-state index contributed by atoms with van der Waals surface area (Å²) in [6, 6.07) is 0. The molecule has 2 rings (SSSR count). The minimum absolute atomic E-state index is 0.0488. The number of hydrogen-bond donors (Lipinski definition) is 2. The summed E-state index contributed by atoms with van der Waals surface area (Å²) in [5.41, 5.74) is -2.98. The zero-order valence-electron chi connectivity index (χ0n) is 15.6. The third-order valence-corrected chi connectivity index (χ3v) is 5.60. The van der Waals surface area contributed by atoms with E-state index in [1.165, 1.54) is 0 Å². The van der Waals surface area contributed by atoms with Crippen LogP contribution >= 0.6 is 11.3 Å². The second kappa shape index (κ2) is 8.38. The van der Waals surface area contributed by atoms with Gasteiger partial charge in [0, 0.05) is 11.8 Å². The second-order valence-electron chi connectivity index (χ2n) is 6.31. The molecule has 0 bridgehead atoms. The first-order chi connectivity index (χ1) is 13.1. The number of thiophene rings is 1. The van der Waals surface area contributed by atoms with Crippen molar-refractivity contribution in [2.45, 2.75) is 50.9 Å². The van der Waals surface area contributed by atoms with E-state index in [1.807, 2.05) is 0 Å². The van der Waals surface area contributed by atoms with Gasteiger partial charge in [-0.2, -0.15) is 13.2 Å². The van der Waals surface area contributed by atoms with Crippen molar-refractivity contribution in [3.05, 3.63) is 16.0 Å². The van der Waals surface area contributed by atoms with Gasteiger partial charge in [0.2, 0.25) is 5.91 Å². The first kappa shape index (κ1) is 22.0. The summed E-state index contributed by atoms with van der Waals surface area (Å²) in [5, 5.41) is 3.48. The summed E-state index contributed by atoms with van der Waals surface area (Å²) in [6.45, 7) is 0.843. The van der Waals surface area contributed by atoms with Crippen LogP contribution in [0.25, 0.3) is 0 Å². The number of methoxy groups -OCH3 is 2. The monoisotopic (exact) mass is 422 g/mol. The number of amides is 1. The fourth-order valence-corrected chi connectivity index (χ4v) is 4.46. The van der Waals surface area contributed by atoms with Gasteiger partial charge in [0.05, 0.1) is 19.8 Å². The number of carbonyl (C=O) groups excluding carboxylic acids is 3. The normalized spacial score (nSPS) is 16.2. The Bertz CT molecular complexity index is 778. The summed E-state index contributed by atoms with van der Waals surface area (Å²) in [7, 11) is 1.90. The fourth-order valence-electron chi connectivity index (χ4n) is 3.13. The molecular weight excluding hydrogens is 401 g/mol. The Balaban J connectivity index is 2.65. The maximum atomic E-state index is 13.9. The molecule has 0 fully saturated rings. The number of halogens is 3. The van der Waals surface area contributed by atoms with E-state index in [0.29, 0.717) is 18.4 Å². The lowest BCUT2D eigenvalue weighted by molar-refractivity contribution is -0.206. The van der Waals surface area contributed by atoms with Crippen LogP contribution in [0.1, 0.15) is 47.0 Å². The smallest absolute Gasteiger partial charge is 0.441 e. The number of aryl methyl sites for hydroxylation is 1. The molecule has 7 nitrogen and oxygen atoms in total. The summed E-state index contributed by atoms with van der Waals surface area (Å²) < 4.78 is 50.9. The molecule has 1 atom stereocenters. The minimum atomic E-state index is -5.25. The van der Waals surface area contributed by atoms with Crippen LogP contribution in [0.15, 0.2) is 0 Å². The Labute approximate surface area is 163 Å². The van der Waals surface area contributed by atoms with Crippen LogP contribution < -0.4 is 10.6 Å². The van der Waals surface area contributed by atoms with Crippen molar-refractivity contribution in [2.24, 2.45) is 0 Å². The highest BCUT2D eigenvalue weighted by atomic mass is 32.1. The number of rotatable bonds is 5. The molecule has 1 heterocycles. The number of nitrogens with one attached hydrogen (secondary N) is 2. The van der Waals surface area contributed by atoms with Crippen molar-refractivity contribution >= 4 is 34.2 Å². The molecule has 28 heavy (non-hydrogen) atoms. The number of alkyl halides is 3. The van der Waals surface area contributed by atoms with Crippen LogP contribution in [-0.2, 0) is 31.9 Å². The van der Waals surface area contributed by atoms with Crippen LogP contribution in [0.3, 0.4) is 0 Å². The molecule has 0 aromatic carbocycles. The molecule has 1 aliphatic rings. The Kier molecular flexibility index (Phi) is 6.58. The van der Waals surface area contributed by atoms with E-state index < -0.39 is 29.7 Å². The molecule has 1 aromatic heterocycles. The minimum Gasteiger partial charge on any atom is -0.466 e. The Morgan fingerprint density at radius 1 is 1.04 bits per heavy atom. The highest BCUT2D eigenvalue weighted by molar-refractivity contribution is 7.16. The van der Waals surface area contributed by atoms with Crippen molar-refractivity contribution in [2.75, 3.05) is 19.5 Å². The largest absolute Gasteiger partial charge is 0.466 e. The van der Waals surface area contributed by atoms with Gasteiger partial charge in [0.1, 0.15) is 5.00 Å². The Hall–Kier alpha value is -2.30. The molecule has 0 saturated carbocycles. The lowest BCUT2D eigenvalue weighted by atomic mass is 10.0. The molecule has 0 aliphatic heterocycles. The Morgan fingerprint density at radius 2 is 1.68 bits per heavy atom. The van der Waals surface area contributed by atoms with Crippen molar-refractivity contribution in [1.29, 1.82) is 0 Å². The number of anilines is 1. The van der Waals surface area contributed by atoms with Crippen molar-refractivity contribution in [3.8, 4) is 0 Å². The van der Waals surface area contributed by atoms with Gasteiger partial charge in [0.25, 0.3) is 0 Å². The molecule has 2 N–H and O–H groups in total. The molecule has 0 radical (unpaired) electrons. The van der Waals surface area contributed by atoms with Gasteiger partial charge in [-0.3, -0.25) is 4.79 Å². The highest BCUT2D eigenvalue weighted by Crippen LogP contribution is 2.41. The van der Waals surface area contributed by atoms with E-state index in [-0.39, 0.29) is 10.6 Å². The number of fused-ring (bicyclic) bond motifs is 1. The number of esters is 2. The van der Waals surface area contributed by atoms with Crippen LogP contribution in [0.5, 0.6) is 0 Å². The van der Waals surface area contributed by atoms with Crippen molar-refractivity contribution in [3.63, 3.8) is 0 Å². The van der Waals surface area contributed by atoms with E-state index in [2.05, 4.69) is 10.1 Å². The quantitative estimate of drug-likeness (QED) is 0.431. The molecule has 0 spiro atoms. The summed E-state index contributed by atoms with van der Waals surface area (Å²) in [6.07, 6.45) is -1.59. The molecule has 1 amide bonds. The van der Waals surface area contributed by atoms with E-state index in [9.17, 15) is 27.6 Å². The van der Waals surface area contributed by atoms with Crippen LogP contribution in [-0.4, -0.2) is 43.9 Å². The van der Waals surface area contributed by atoms with Gasteiger partial charge in [0.15, 0.2) is 0 Å². The molecule has 0 saturated heterocycles. The average molecular weight is 422 g/mol. The molecule has 1 aliphatic carbocycles. The first-order valence-electron chi connectivity index (χ1n) is 8.52. The van der Waals surface area contributed by atoms with E-state index in [0.717, 1.165) is 56.6 Å². The van der Waals surface area contributed by atoms with Gasteiger partial charge >= 0.3 is 23.8 Å². The lowest BCUT2D eigenvalue weighted by Gasteiger charge is -2.34. The molecule has 1 unspecified atom stereocenters. The first-order valence-corrected chi connectivity index (χ1v) is 9.34. The van der Waals surface area contributed by atoms with E-state index in [4.69, 9.17) is 4.74 Å². The van der Waals surface area contributed by atoms with Crippen molar-refractivity contribution in [1.82, 2.24) is 5.32 Å². The maximum absolute atomic E-state index is 13.9. The average Bonchev–Trinajstić information content (AvgIpc) is 2.79. The van der Waals surface area contributed by atoms with Gasteiger partial charge in [-0.05, 0) is 31.2 Å². The second-order valence-corrected chi connectivity index (χ2v) is 7.41. The Morgan fingerprint density at radius 3 is 2.21 bits per heavy atom. The zero-order valence-corrected chi connectivity index (χ0v) is 16.4. The molecule has 1 aromatic rings. The predicted molar refractivity (Wildman–Crippen MR) is 95.2 cm³/mol. The lowest BCUT2D eigenvalue weighted by Crippen LogP contribution is -2.69. The van der Waals surface area contributed by atoms with E-state index >= 15 is 0 Å². The van der Waals surface area contributed by atoms with Gasteiger partial charge in [-0.15, -0.1) is 11.3 Å².